The van der Waals surface area contributed by atoms with Crippen LogP contribution in [0.1, 0.15) is 32.6 Å². The Kier molecular flexibility index (Phi) is 6.53. The summed E-state index contributed by atoms with van der Waals surface area (Å²) in [6.07, 6.45) is 5.01. The number of nitrogens with zero attached hydrogens (tertiary/aromatic N) is 1. The largest absolute Gasteiger partial charge is 0.347 e. The highest BCUT2D eigenvalue weighted by molar-refractivity contribution is 6.05. The van der Waals surface area contributed by atoms with Gasteiger partial charge in [0.25, 0.3) is 11.8 Å². The average molecular weight is 385 g/mol. The minimum atomic E-state index is -0.358. The van der Waals surface area contributed by atoms with Crippen molar-refractivity contribution in [1.29, 1.82) is 0 Å². The molecule has 0 bridgehead atoms. The van der Waals surface area contributed by atoms with Gasteiger partial charge in [-0.1, -0.05) is 47.5 Å². The summed E-state index contributed by atoms with van der Waals surface area (Å²) in [5, 5.41) is 5.60. The highest BCUT2D eigenvalue weighted by atomic mass is 16.2. The van der Waals surface area contributed by atoms with E-state index in [9.17, 15) is 9.59 Å². The van der Waals surface area contributed by atoms with E-state index in [2.05, 4.69) is 15.6 Å². The van der Waals surface area contributed by atoms with Crippen molar-refractivity contribution in [3.8, 4) is 0 Å². The number of amides is 2. The molecule has 29 heavy (non-hydrogen) atoms. The summed E-state index contributed by atoms with van der Waals surface area (Å²) in [7, 11) is 0. The van der Waals surface area contributed by atoms with Gasteiger partial charge in [0.05, 0.1) is 0 Å². The van der Waals surface area contributed by atoms with E-state index in [1.165, 1.54) is 0 Å². The lowest BCUT2D eigenvalue weighted by molar-refractivity contribution is -0.117. The first-order valence-electron chi connectivity index (χ1n) is 9.35. The quantitative estimate of drug-likeness (QED) is 0.634. The van der Waals surface area contributed by atoms with Crippen LogP contribution in [0.3, 0.4) is 0 Å². The van der Waals surface area contributed by atoms with Gasteiger partial charge in [-0.2, -0.15) is 0 Å². The molecule has 146 valence electrons. The minimum Gasteiger partial charge on any atom is -0.347 e. The second-order valence-corrected chi connectivity index (χ2v) is 6.83. The van der Waals surface area contributed by atoms with Crippen LogP contribution in [0.5, 0.6) is 0 Å². The van der Waals surface area contributed by atoms with Crippen LogP contribution >= 0.6 is 0 Å². The topological polar surface area (TPSA) is 71.1 Å². The fraction of sp³-hybridized carbons (Fsp3) is 0.125. The van der Waals surface area contributed by atoms with Crippen molar-refractivity contribution in [2.24, 2.45) is 0 Å². The summed E-state index contributed by atoms with van der Waals surface area (Å²) in [6.45, 7) is 4.29. The Morgan fingerprint density at radius 1 is 0.862 bits per heavy atom. The molecule has 0 saturated heterocycles. The van der Waals surface area contributed by atoms with Crippen molar-refractivity contribution in [3.63, 3.8) is 0 Å². The van der Waals surface area contributed by atoms with E-state index in [4.69, 9.17) is 0 Å². The molecule has 0 aliphatic carbocycles. The van der Waals surface area contributed by atoms with Crippen molar-refractivity contribution in [2.75, 3.05) is 0 Å². The monoisotopic (exact) mass is 385 g/mol. The lowest BCUT2D eigenvalue weighted by Gasteiger charge is -2.12. The predicted octanol–water partition coefficient (Wildman–Crippen LogP) is 3.79. The molecule has 1 heterocycles. The molecule has 0 fully saturated rings. The number of benzene rings is 2. The number of carbonyl (C=O) groups is 2. The number of hydrogen-bond acceptors (Lipinski definition) is 3. The molecule has 0 aliphatic heterocycles. The van der Waals surface area contributed by atoms with Gasteiger partial charge in [-0.05, 0) is 55.3 Å². The molecule has 3 aromatic rings. The third-order valence-corrected chi connectivity index (χ3v) is 4.40. The zero-order valence-corrected chi connectivity index (χ0v) is 16.5. The van der Waals surface area contributed by atoms with Gasteiger partial charge in [0, 0.05) is 24.5 Å². The summed E-state index contributed by atoms with van der Waals surface area (Å²) in [5.41, 5.74) is 4.61. The third-order valence-electron chi connectivity index (χ3n) is 4.40. The summed E-state index contributed by atoms with van der Waals surface area (Å²) in [6, 6.07) is 18.6. The molecular weight excluding hydrogens is 362 g/mol. The van der Waals surface area contributed by atoms with Crippen LogP contribution in [0.15, 0.2) is 78.8 Å². The van der Waals surface area contributed by atoms with Crippen molar-refractivity contribution in [2.45, 2.75) is 20.4 Å². The van der Waals surface area contributed by atoms with Gasteiger partial charge >= 0.3 is 0 Å². The van der Waals surface area contributed by atoms with E-state index >= 15 is 0 Å². The second-order valence-electron chi connectivity index (χ2n) is 6.83. The molecule has 1 aromatic heterocycles. The maximum absolute atomic E-state index is 12.8. The number of aromatic nitrogens is 1. The fourth-order valence-electron chi connectivity index (χ4n) is 2.67. The van der Waals surface area contributed by atoms with Gasteiger partial charge in [-0.3, -0.25) is 14.6 Å². The zero-order valence-electron chi connectivity index (χ0n) is 16.5. The molecule has 2 aromatic carbocycles. The van der Waals surface area contributed by atoms with E-state index in [0.29, 0.717) is 12.1 Å². The molecular formula is C24H23N3O2. The van der Waals surface area contributed by atoms with E-state index in [1.807, 2.05) is 62.4 Å². The van der Waals surface area contributed by atoms with Crippen molar-refractivity contribution < 1.29 is 9.59 Å². The molecule has 5 nitrogen and oxygen atoms in total. The maximum Gasteiger partial charge on any atom is 0.268 e. The van der Waals surface area contributed by atoms with Crippen LogP contribution in [-0.4, -0.2) is 16.8 Å². The first kappa shape index (κ1) is 20.0. The third kappa shape index (κ3) is 5.87. The maximum atomic E-state index is 12.8. The van der Waals surface area contributed by atoms with Gasteiger partial charge in [-0.25, -0.2) is 0 Å². The van der Waals surface area contributed by atoms with Gasteiger partial charge < -0.3 is 10.6 Å². The van der Waals surface area contributed by atoms with Crippen LogP contribution in [0.25, 0.3) is 6.08 Å². The first-order chi connectivity index (χ1) is 14.0. The van der Waals surface area contributed by atoms with E-state index in [-0.39, 0.29) is 17.5 Å². The molecule has 5 heteroatoms. The van der Waals surface area contributed by atoms with E-state index < -0.39 is 0 Å². The van der Waals surface area contributed by atoms with Crippen LogP contribution in [0.2, 0.25) is 0 Å². The number of hydrogen-bond donors (Lipinski definition) is 2. The molecule has 0 atom stereocenters. The summed E-state index contributed by atoms with van der Waals surface area (Å²) in [5.74, 6) is -0.690. The minimum absolute atomic E-state index is 0.188. The summed E-state index contributed by atoms with van der Waals surface area (Å²) >= 11 is 0. The molecule has 3 rings (SSSR count). The number of pyridine rings is 1. The van der Waals surface area contributed by atoms with Crippen LogP contribution in [0.4, 0.5) is 0 Å². The SMILES string of the molecule is Cc1ccc(C=C(NC(=O)c2ccc(C)cc2)C(=O)NCc2ccncc2)cc1. The van der Waals surface area contributed by atoms with E-state index in [1.54, 1.807) is 30.6 Å². The average Bonchev–Trinajstić information content (AvgIpc) is 2.74. The number of rotatable bonds is 6. The molecule has 2 amide bonds. The highest BCUT2D eigenvalue weighted by Gasteiger charge is 2.14. The van der Waals surface area contributed by atoms with Crippen LogP contribution < -0.4 is 10.6 Å². The summed E-state index contributed by atoms with van der Waals surface area (Å²) < 4.78 is 0. The Hall–Kier alpha value is -3.73. The fourth-order valence-corrected chi connectivity index (χ4v) is 2.67. The molecule has 0 spiro atoms. The molecule has 0 saturated carbocycles. The normalized spacial score (nSPS) is 11.0. The highest BCUT2D eigenvalue weighted by Crippen LogP contribution is 2.10. The van der Waals surface area contributed by atoms with Crippen molar-refractivity contribution in [3.05, 3.63) is 107 Å². The van der Waals surface area contributed by atoms with Crippen LogP contribution in [0, 0.1) is 13.8 Å². The number of nitrogens with one attached hydrogen (secondary N) is 2. The van der Waals surface area contributed by atoms with Gasteiger partial charge in [0.1, 0.15) is 5.70 Å². The Balaban J connectivity index is 1.80. The Bertz CT molecular complexity index is 1010. The zero-order chi connectivity index (χ0) is 20.6. The second kappa shape index (κ2) is 9.46. The van der Waals surface area contributed by atoms with Crippen LogP contribution in [-0.2, 0) is 11.3 Å². The smallest absolute Gasteiger partial charge is 0.268 e. The van der Waals surface area contributed by atoms with Gasteiger partial charge in [0.2, 0.25) is 0 Å². The molecule has 0 aliphatic rings. The lowest BCUT2D eigenvalue weighted by atomic mass is 10.1. The van der Waals surface area contributed by atoms with Crippen molar-refractivity contribution >= 4 is 17.9 Å². The molecule has 2 N–H and O–H groups in total. The van der Waals surface area contributed by atoms with E-state index in [0.717, 1.165) is 22.3 Å². The molecule has 0 radical (unpaired) electrons. The number of aryl methyl sites for hydroxylation is 2. The number of carbonyl (C=O) groups excluding carboxylic acids is 2. The predicted molar refractivity (Wildman–Crippen MR) is 114 cm³/mol. The summed E-state index contributed by atoms with van der Waals surface area (Å²) in [4.78, 5) is 29.4. The first-order valence-corrected chi connectivity index (χ1v) is 9.35. The molecule has 0 unspecified atom stereocenters. The Labute approximate surface area is 170 Å². The van der Waals surface area contributed by atoms with Gasteiger partial charge in [-0.15, -0.1) is 0 Å². The van der Waals surface area contributed by atoms with Gasteiger partial charge in [0.15, 0.2) is 0 Å². The Morgan fingerprint density at radius 2 is 1.45 bits per heavy atom. The van der Waals surface area contributed by atoms with Crippen molar-refractivity contribution in [1.82, 2.24) is 15.6 Å². The Morgan fingerprint density at radius 3 is 2.07 bits per heavy atom. The lowest BCUT2D eigenvalue weighted by Crippen LogP contribution is -2.34. The standard InChI is InChI=1S/C24H23N3O2/c1-17-3-7-19(8-4-17)15-22(24(29)26-16-20-11-13-25-14-12-20)27-23(28)21-9-5-18(2)6-10-21/h3-15H,16H2,1-2H3,(H,26,29)(H,27,28).